The molecule has 6 heteroatoms. The van der Waals surface area contributed by atoms with Crippen molar-refractivity contribution in [3.63, 3.8) is 0 Å². The van der Waals surface area contributed by atoms with Crippen LogP contribution >= 0.6 is 0 Å². The van der Waals surface area contributed by atoms with Gasteiger partial charge >= 0.3 is 0 Å². The number of hydrogen-bond acceptors (Lipinski definition) is 3. The molecular weight excluding hydrogens is 306 g/mol. The lowest BCUT2D eigenvalue weighted by Gasteiger charge is -2.29. The van der Waals surface area contributed by atoms with Gasteiger partial charge in [0.25, 0.3) is 5.91 Å². The van der Waals surface area contributed by atoms with Crippen molar-refractivity contribution in [1.82, 2.24) is 5.32 Å². The van der Waals surface area contributed by atoms with Crippen LogP contribution in [0.5, 0.6) is 11.5 Å². The summed E-state index contributed by atoms with van der Waals surface area (Å²) in [5.41, 5.74) is 1.23. The molecule has 0 aliphatic carbocycles. The van der Waals surface area contributed by atoms with Gasteiger partial charge in [-0.05, 0) is 18.2 Å². The lowest BCUT2D eigenvalue weighted by Crippen LogP contribution is -3.28. The van der Waals surface area contributed by atoms with Crippen LogP contribution in [0.15, 0.2) is 18.2 Å². The number of piperazine rings is 1. The molecule has 0 bridgehead atoms. The predicted octanol–water partition coefficient (Wildman–Crippen LogP) is -2.26. The lowest BCUT2D eigenvalue weighted by molar-refractivity contribution is -1.02. The highest BCUT2D eigenvalue weighted by molar-refractivity contribution is 5.77. The van der Waals surface area contributed by atoms with Gasteiger partial charge in [0.15, 0.2) is 18.0 Å². The van der Waals surface area contributed by atoms with E-state index in [2.05, 4.69) is 17.3 Å². The van der Waals surface area contributed by atoms with Gasteiger partial charge < -0.3 is 24.6 Å². The van der Waals surface area contributed by atoms with Crippen LogP contribution in [0.2, 0.25) is 0 Å². The average Bonchev–Trinajstić information content (AvgIpc) is 2.61. The predicted molar refractivity (Wildman–Crippen MR) is 91.4 cm³/mol. The molecule has 2 rings (SSSR count). The molecule has 1 heterocycles. The molecule has 1 fully saturated rings. The average molecular weight is 333 g/mol. The minimum Gasteiger partial charge on any atom is -0.493 e. The van der Waals surface area contributed by atoms with Crippen LogP contribution in [-0.4, -0.2) is 59.4 Å². The number of carbonyl (C=O) groups excluding carboxylic acids is 1. The molecule has 1 saturated heterocycles. The first kappa shape index (κ1) is 18.1. The molecule has 0 atom stereocenters. The number of quaternary nitrogens is 2. The van der Waals surface area contributed by atoms with Gasteiger partial charge in [0.1, 0.15) is 32.7 Å². The Balaban J connectivity index is 1.81. The van der Waals surface area contributed by atoms with Crippen molar-refractivity contribution in [1.29, 1.82) is 0 Å². The number of terminal acetylenes is 1. The lowest BCUT2D eigenvalue weighted by atomic mass is 10.1. The number of nitrogens with one attached hydrogen (secondary N) is 3. The van der Waals surface area contributed by atoms with E-state index in [1.165, 1.54) is 15.4 Å². The summed E-state index contributed by atoms with van der Waals surface area (Å²) >= 11 is 0. The van der Waals surface area contributed by atoms with Crippen LogP contribution in [0.4, 0.5) is 0 Å². The summed E-state index contributed by atoms with van der Waals surface area (Å²) in [6.45, 7) is 5.85. The monoisotopic (exact) mass is 333 g/mol. The summed E-state index contributed by atoms with van der Waals surface area (Å²) in [6, 6.07) is 6.07. The normalized spacial score (nSPS) is 20.0. The standard InChI is InChI=1S/C18H25N3O3/c1-4-7-19-18(22)14-21-10-8-20(9-11-21)13-15-5-6-16(23-2)17(12-15)24-3/h1,5-6,12H,7-11,13-14H2,2-3H3,(H,19,22)/p+2. The molecular formula is C18H27N3O3+2. The fourth-order valence-electron chi connectivity index (χ4n) is 3.03. The summed E-state index contributed by atoms with van der Waals surface area (Å²) in [6.07, 6.45) is 5.15. The fraction of sp³-hybridized carbons (Fsp3) is 0.500. The Morgan fingerprint density at radius 2 is 1.83 bits per heavy atom. The van der Waals surface area contributed by atoms with E-state index in [0.29, 0.717) is 13.1 Å². The van der Waals surface area contributed by atoms with Crippen molar-refractivity contribution < 1.29 is 24.1 Å². The Morgan fingerprint density at radius 3 is 2.46 bits per heavy atom. The van der Waals surface area contributed by atoms with Crippen LogP contribution in [0.3, 0.4) is 0 Å². The molecule has 0 radical (unpaired) electrons. The van der Waals surface area contributed by atoms with Crippen molar-refractivity contribution >= 4 is 5.91 Å². The molecule has 1 aromatic rings. The summed E-state index contributed by atoms with van der Waals surface area (Å²) in [7, 11) is 3.30. The second kappa shape index (κ2) is 9.16. The van der Waals surface area contributed by atoms with Crippen LogP contribution < -0.4 is 24.6 Å². The highest BCUT2D eigenvalue weighted by Gasteiger charge is 2.24. The van der Waals surface area contributed by atoms with Gasteiger partial charge in [-0.1, -0.05) is 5.92 Å². The minimum absolute atomic E-state index is 0.0336. The molecule has 1 aliphatic rings. The van der Waals surface area contributed by atoms with E-state index < -0.39 is 0 Å². The van der Waals surface area contributed by atoms with Crippen LogP contribution in [0.25, 0.3) is 0 Å². The molecule has 0 spiro atoms. The van der Waals surface area contributed by atoms with Crippen LogP contribution in [-0.2, 0) is 11.3 Å². The van der Waals surface area contributed by atoms with E-state index in [-0.39, 0.29) is 5.91 Å². The first-order chi connectivity index (χ1) is 11.7. The van der Waals surface area contributed by atoms with Crippen molar-refractivity contribution in [2.24, 2.45) is 0 Å². The molecule has 1 amide bonds. The Morgan fingerprint density at radius 1 is 1.17 bits per heavy atom. The Kier molecular flexibility index (Phi) is 6.91. The number of ether oxygens (including phenoxy) is 2. The summed E-state index contributed by atoms with van der Waals surface area (Å²) in [4.78, 5) is 14.6. The van der Waals surface area contributed by atoms with E-state index in [1.807, 2.05) is 12.1 Å². The summed E-state index contributed by atoms with van der Waals surface area (Å²) < 4.78 is 10.6. The molecule has 130 valence electrons. The highest BCUT2D eigenvalue weighted by atomic mass is 16.5. The smallest absolute Gasteiger partial charge is 0.275 e. The van der Waals surface area contributed by atoms with E-state index in [9.17, 15) is 4.79 Å². The maximum absolute atomic E-state index is 11.7. The van der Waals surface area contributed by atoms with Gasteiger partial charge in [-0.15, -0.1) is 6.42 Å². The number of amides is 1. The summed E-state index contributed by atoms with van der Waals surface area (Å²) in [5.74, 6) is 3.98. The van der Waals surface area contributed by atoms with Crippen molar-refractivity contribution in [2.75, 3.05) is 53.5 Å². The maximum atomic E-state index is 11.7. The van der Waals surface area contributed by atoms with E-state index >= 15 is 0 Å². The second-order valence-corrected chi connectivity index (χ2v) is 6.02. The SMILES string of the molecule is C#CCNC(=O)C[NH+]1CC[NH+](Cc2ccc(OC)c(OC)c2)CC1. The van der Waals surface area contributed by atoms with Gasteiger partial charge in [-0.3, -0.25) is 4.79 Å². The molecule has 0 saturated carbocycles. The zero-order chi connectivity index (χ0) is 17.4. The third kappa shape index (κ3) is 5.15. The molecule has 1 aliphatic heterocycles. The minimum atomic E-state index is 0.0336. The zero-order valence-corrected chi connectivity index (χ0v) is 14.5. The number of hydrogen-bond donors (Lipinski definition) is 3. The van der Waals surface area contributed by atoms with Crippen LogP contribution in [0.1, 0.15) is 5.56 Å². The highest BCUT2D eigenvalue weighted by Crippen LogP contribution is 2.27. The zero-order valence-electron chi connectivity index (χ0n) is 14.5. The van der Waals surface area contributed by atoms with E-state index in [0.717, 1.165) is 44.2 Å². The Labute approximate surface area is 143 Å². The maximum Gasteiger partial charge on any atom is 0.275 e. The molecule has 1 aromatic carbocycles. The molecule has 3 N–H and O–H groups in total. The van der Waals surface area contributed by atoms with Gasteiger partial charge in [-0.2, -0.15) is 0 Å². The first-order valence-electron chi connectivity index (χ1n) is 8.24. The number of carbonyl (C=O) groups is 1. The number of benzene rings is 1. The van der Waals surface area contributed by atoms with Crippen molar-refractivity contribution in [3.05, 3.63) is 23.8 Å². The summed E-state index contributed by atoms with van der Waals surface area (Å²) in [5, 5.41) is 2.73. The largest absolute Gasteiger partial charge is 0.493 e. The third-order valence-corrected chi connectivity index (χ3v) is 4.36. The van der Waals surface area contributed by atoms with Gasteiger partial charge in [0, 0.05) is 5.56 Å². The van der Waals surface area contributed by atoms with Gasteiger partial charge in [-0.25, -0.2) is 0 Å². The fourth-order valence-corrected chi connectivity index (χ4v) is 3.03. The van der Waals surface area contributed by atoms with E-state index in [4.69, 9.17) is 15.9 Å². The third-order valence-electron chi connectivity index (χ3n) is 4.36. The number of methoxy groups -OCH3 is 2. The van der Waals surface area contributed by atoms with Gasteiger partial charge in [0.05, 0.1) is 20.8 Å². The van der Waals surface area contributed by atoms with Crippen LogP contribution in [0, 0.1) is 12.3 Å². The molecule has 6 nitrogen and oxygen atoms in total. The molecule has 0 unspecified atom stereocenters. The topological polar surface area (TPSA) is 56.4 Å². The number of rotatable bonds is 7. The van der Waals surface area contributed by atoms with Gasteiger partial charge in [0.2, 0.25) is 0 Å². The van der Waals surface area contributed by atoms with Crippen molar-refractivity contribution in [2.45, 2.75) is 6.54 Å². The Bertz CT molecular complexity index is 590. The first-order valence-corrected chi connectivity index (χ1v) is 8.24. The quantitative estimate of drug-likeness (QED) is 0.494. The molecule has 24 heavy (non-hydrogen) atoms. The van der Waals surface area contributed by atoms with E-state index in [1.54, 1.807) is 14.2 Å². The van der Waals surface area contributed by atoms with Crippen molar-refractivity contribution in [3.8, 4) is 23.8 Å². The molecule has 0 aromatic heterocycles. The Hall–Kier alpha value is -2.23. The second-order valence-electron chi connectivity index (χ2n) is 6.02.